The first-order valence-corrected chi connectivity index (χ1v) is 7.02. The number of rotatable bonds is 4. The average Bonchev–Trinajstić information content (AvgIpc) is 2.49. The van der Waals surface area contributed by atoms with E-state index in [-0.39, 0.29) is 18.1 Å². The maximum atomic E-state index is 12.2. The molecule has 5 heteroatoms. The summed E-state index contributed by atoms with van der Waals surface area (Å²) in [4.78, 5) is 13.9. The van der Waals surface area contributed by atoms with Crippen LogP contribution in [0.3, 0.4) is 0 Å². The molecule has 0 radical (unpaired) electrons. The molecule has 3 N–H and O–H groups in total. The van der Waals surface area contributed by atoms with Crippen LogP contribution in [0.1, 0.15) is 18.4 Å². The number of likely N-dealkylation sites (tertiary alicyclic amines) is 1. The van der Waals surface area contributed by atoms with E-state index in [1.165, 1.54) is 0 Å². The summed E-state index contributed by atoms with van der Waals surface area (Å²) in [6, 6.07) is 7.03. The first kappa shape index (κ1) is 14.8. The van der Waals surface area contributed by atoms with Crippen molar-refractivity contribution in [2.75, 3.05) is 20.1 Å². The average molecular weight is 278 g/mol. The fourth-order valence-corrected chi connectivity index (χ4v) is 2.54. The van der Waals surface area contributed by atoms with Crippen molar-refractivity contribution < 1.29 is 15.0 Å². The number of aliphatic hydroxyl groups excluding tert-OH is 1. The second-order valence-corrected chi connectivity index (χ2v) is 5.27. The highest BCUT2D eigenvalue weighted by molar-refractivity contribution is 5.81. The van der Waals surface area contributed by atoms with E-state index in [1.54, 1.807) is 29.2 Å². The van der Waals surface area contributed by atoms with E-state index < -0.39 is 6.10 Å². The van der Waals surface area contributed by atoms with Gasteiger partial charge in [-0.1, -0.05) is 12.1 Å². The number of hydrogen-bond acceptors (Lipinski definition) is 4. The van der Waals surface area contributed by atoms with E-state index in [9.17, 15) is 15.0 Å². The number of carbonyl (C=O) groups excluding carboxylic acids is 1. The van der Waals surface area contributed by atoms with Crippen molar-refractivity contribution >= 4 is 5.91 Å². The normalized spacial score (nSPS) is 18.0. The maximum absolute atomic E-state index is 12.2. The van der Waals surface area contributed by atoms with E-state index >= 15 is 0 Å². The van der Waals surface area contributed by atoms with Crippen LogP contribution in [-0.2, 0) is 11.2 Å². The van der Waals surface area contributed by atoms with Crippen molar-refractivity contribution in [1.82, 2.24) is 10.2 Å². The van der Waals surface area contributed by atoms with Crippen LogP contribution in [0.15, 0.2) is 24.3 Å². The Morgan fingerprint density at radius 3 is 2.50 bits per heavy atom. The SMILES string of the molecule is CNC1CCN(C(=O)[C@H](O)Cc2ccc(O)cc2)CC1. The predicted molar refractivity (Wildman–Crippen MR) is 76.5 cm³/mol. The van der Waals surface area contributed by atoms with Crippen LogP contribution in [0.5, 0.6) is 5.75 Å². The Balaban J connectivity index is 1.87. The Kier molecular flexibility index (Phi) is 4.98. The van der Waals surface area contributed by atoms with Crippen LogP contribution >= 0.6 is 0 Å². The standard InChI is InChI=1S/C15H22N2O3/c1-16-12-6-8-17(9-7-12)15(20)14(19)10-11-2-4-13(18)5-3-11/h2-5,12,14,16,18-19H,6-10H2,1H3/t14-/m1/s1. The molecule has 1 saturated heterocycles. The summed E-state index contributed by atoms with van der Waals surface area (Å²) in [7, 11) is 1.93. The molecule has 1 aliphatic heterocycles. The molecule has 1 aromatic carbocycles. The van der Waals surface area contributed by atoms with Gasteiger partial charge in [0.1, 0.15) is 11.9 Å². The molecule has 5 nitrogen and oxygen atoms in total. The van der Waals surface area contributed by atoms with Gasteiger partial charge in [-0.05, 0) is 37.6 Å². The van der Waals surface area contributed by atoms with Gasteiger partial charge in [0, 0.05) is 25.6 Å². The van der Waals surface area contributed by atoms with Gasteiger partial charge in [-0.15, -0.1) is 0 Å². The minimum Gasteiger partial charge on any atom is -0.508 e. The van der Waals surface area contributed by atoms with Gasteiger partial charge in [0.15, 0.2) is 0 Å². The Morgan fingerprint density at radius 1 is 1.35 bits per heavy atom. The van der Waals surface area contributed by atoms with E-state index in [0.29, 0.717) is 19.1 Å². The zero-order valence-electron chi connectivity index (χ0n) is 11.7. The van der Waals surface area contributed by atoms with Gasteiger partial charge >= 0.3 is 0 Å². The van der Waals surface area contributed by atoms with Gasteiger partial charge in [0.25, 0.3) is 5.91 Å². The van der Waals surface area contributed by atoms with E-state index in [0.717, 1.165) is 18.4 Å². The number of aromatic hydroxyl groups is 1. The lowest BCUT2D eigenvalue weighted by atomic mass is 10.0. The van der Waals surface area contributed by atoms with Gasteiger partial charge < -0.3 is 20.4 Å². The summed E-state index contributed by atoms with van der Waals surface area (Å²) in [6.07, 6.45) is 1.12. The van der Waals surface area contributed by atoms with Crippen LogP contribution in [-0.4, -0.2) is 53.3 Å². The van der Waals surface area contributed by atoms with Gasteiger partial charge in [0.05, 0.1) is 0 Å². The number of benzene rings is 1. The van der Waals surface area contributed by atoms with Crippen molar-refractivity contribution in [1.29, 1.82) is 0 Å². The molecule has 0 unspecified atom stereocenters. The number of aliphatic hydroxyl groups is 1. The smallest absolute Gasteiger partial charge is 0.251 e. The highest BCUT2D eigenvalue weighted by Crippen LogP contribution is 2.15. The number of carbonyl (C=O) groups is 1. The molecule has 0 bridgehead atoms. The summed E-state index contributed by atoms with van der Waals surface area (Å²) in [5, 5.41) is 22.5. The van der Waals surface area contributed by atoms with Gasteiger partial charge in [-0.3, -0.25) is 4.79 Å². The van der Waals surface area contributed by atoms with Crippen molar-refractivity contribution in [2.24, 2.45) is 0 Å². The molecule has 0 spiro atoms. The molecule has 0 aromatic heterocycles. The summed E-state index contributed by atoms with van der Waals surface area (Å²) in [5.74, 6) is -0.0173. The number of phenols is 1. The number of phenolic OH excluding ortho intramolecular Hbond substituents is 1. The third-order valence-corrected chi connectivity index (χ3v) is 3.87. The zero-order chi connectivity index (χ0) is 14.5. The summed E-state index contributed by atoms with van der Waals surface area (Å²) < 4.78 is 0. The lowest BCUT2D eigenvalue weighted by Gasteiger charge is -2.33. The molecule has 2 rings (SSSR count). The first-order valence-electron chi connectivity index (χ1n) is 7.02. The molecule has 20 heavy (non-hydrogen) atoms. The Hall–Kier alpha value is -1.59. The second-order valence-electron chi connectivity index (χ2n) is 5.27. The Morgan fingerprint density at radius 2 is 1.95 bits per heavy atom. The minimum atomic E-state index is -1.01. The predicted octanol–water partition coefficient (Wildman–Crippen LogP) is 0.506. The van der Waals surface area contributed by atoms with Crippen LogP contribution < -0.4 is 5.32 Å². The molecular formula is C15H22N2O3. The van der Waals surface area contributed by atoms with E-state index in [4.69, 9.17) is 0 Å². The second kappa shape index (κ2) is 6.72. The molecule has 110 valence electrons. The van der Waals surface area contributed by atoms with Gasteiger partial charge in [0.2, 0.25) is 0 Å². The maximum Gasteiger partial charge on any atom is 0.251 e. The molecule has 1 fully saturated rings. The Bertz CT molecular complexity index is 439. The topological polar surface area (TPSA) is 72.8 Å². The van der Waals surface area contributed by atoms with Crippen LogP contribution in [0.2, 0.25) is 0 Å². The van der Waals surface area contributed by atoms with Gasteiger partial charge in [-0.2, -0.15) is 0 Å². The fourth-order valence-electron chi connectivity index (χ4n) is 2.54. The number of amides is 1. The molecular weight excluding hydrogens is 256 g/mol. The lowest BCUT2D eigenvalue weighted by Crippen LogP contribution is -2.47. The molecule has 1 atom stereocenters. The molecule has 1 aliphatic rings. The summed E-state index contributed by atoms with van der Waals surface area (Å²) >= 11 is 0. The summed E-state index contributed by atoms with van der Waals surface area (Å²) in [5.41, 5.74) is 0.841. The van der Waals surface area contributed by atoms with Crippen molar-refractivity contribution in [3.05, 3.63) is 29.8 Å². The van der Waals surface area contributed by atoms with E-state index in [2.05, 4.69) is 5.32 Å². The number of piperidine rings is 1. The number of hydrogen-bond donors (Lipinski definition) is 3. The van der Waals surface area contributed by atoms with Crippen molar-refractivity contribution in [3.8, 4) is 5.75 Å². The molecule has 0 aliphatic carbocycles. The first-order chi connectivity index (χ1) is 9.60. The van der Waals surface area contributed by atoms with Crippen molar-refractivity contribution in [3.63, 3.8) is 0 Å². The molecule has 1 aromatic rings. The zero-order valence-corrected chi connectivity index (χ0v) is 11.7. The third kappa shape index (κ3) is 3.71. The third-order valence-electron chi connectivity index (χ3n) is 3.87. The largest absolute Gasteiger partial charge is 0.508 e. The fraction of sp³-hybridized carbons (Fsp3) is 0.533. The van der Waals surface area contributed by atoms with E-state index in [1.807, 2.05) is 7.05 Å². The minimum absolute atomic E-state index is 0.184. The number of nitrogens with zero attached hydrogens (tertiary/aromatic N) is 1. The van der Waals surface area contributed by atoms with Crippen molar-refractivity contribution in [2.45, 2.75) is 31.4 Å². The van der Waals surface area contributed by atoms with Crippen LogP contribution in [0.4, 0.5) is 0 Å². The highest BCUT2D eigenvalue weighted by Gasteiger charge is 2.26. The quantitative estimate of drug-likeness (QED) is 0.750. The summed E-state index contributed by atoms with van der Waals surface area (Å²) in [6.45, 7) is 1.38. The highest BCUT2D eigenvalue weighted by atomic mass is 16.3. The lowest BCUT2D eigenvalue weighted by molar-refractivity contribution is -0.141. The molecule has 1 amide bonds. The number of nitrogens with one attached hydrogen (secondary N) is 1. The van der Waals surface area contributed by atoms with Crippen LogP contribution in [0.25, 0.3) is 0 Å². The van der Waals surface area contributed by atoms with Gasteiger partial charge in [-0.25, -0.2) is 0 Å². The molecule has 0 saturated carbocycles. The molecule has 1 heterocycles. The Labute approximate surface area is 119 Å². The van der Waals surface area contributed by atoms with Crippen LogP contribution in [0, 0.1) is 0 Å². The monoisotopic (exact) mass is 278 g/mol.